The summed E-state index contributed by atoms with van der Waals surface area (Å²) in [5.74, 6) is -0.796. The van der Waals surface area contributed by atoms with E-state index in [1.165, 1.54) is 11.2 Å². The van der Waals surface area contributed by atoms with E-state index in [0.717, 1.165) is 27.8 Å². The minimum Gasteiger partial charge on any atom is -0.445 e. The number of H-pyrrole nitrogens is 1. The number of aromatic nitrogens is 2. The highest BCUT2D eigenvalue weighted by atomic mass is 16.5. The van der Waals surface area contributed by atoms with E-state index in [1.807, 2.05) is 115 Å². The number of alkyl carbamates (subject to hydrolysis) is 1. The molecule has 4 aromatic carbocycles. The van der Waals surface area contributed by atoms with Gasteiger partial charge in [-0.3, -0.25) is 9.59 Å². The summed E-state index contributed by atoms with van der Waals surface area (Å²) in [5, 5.41) is 5.56. The molecule has 0 fully saturated rings. The topological polar surface area (TPSA) is 126 Å². The molecule has 0 unspecified atom stereocenters. The predicted octanol–water partition coefficient (Wildman–Crippen LogP) is 5.28. The molecule has 0 aliphatic rings. The molecule has 0 spiro atoms. The smallest absolute Gasteiger partial charge is 0.408 e. The minimum atomic E-state index is -1.04. The maximum Gasteiger partial charge on any atom is 0.408 e. The fourth-order valence-corrected chi connectivity index (χ4v) is 5.06. The molecule has 0 radical (unpaired) electrons. The summed E-state index contributed by atoms with van der Waals surface area (Å²) in [4.78, 5) is 48.8. The molecule has 3 amide bonds. The first-order valence-corrected chi connectivity index (χ1v) is 15.8. The van der Waals surface area contributed by atoms with Crippen LogP contribution < -0.4 is 10.6 Å². The van der Waals surface area contributed by atoms with Crippen molar-refractivity contribution in [3.63, 3.8) is 0 Å². The zero-order valence-electron chi connectivity index (χ0n) is 26.6. The number of hydrogen-bond donors (Lipinski definition) is 3. The lowest BCUT2D eigenvalue weighted by Gasteiger charge is -2.27. The molecule has 1 atom stereocenters. The van der Waals surface area contributed by atoms with Gasteiger partial charge in [-0.2, -0.15) is 0 Å². The SMILES string of the molecule is O=C(CN(Cc1ccc(-c2ccccc2)cc1)C(=O)[C@H](Cc1c[nH]cn1)NC(=O)OCc1ccccc1)NCCOCc1ccccc1. The van der Waals surface area contributed by atoms with Crippen molar-refractivity contribution in [2.45, 2.75) is 32.2 Å². The van der Waals surface area contributed by atoms with Crippen LogP contribution >= 0.6 is 0 Å². The number of hydrogen-bond acceptors (Lipinski definition) is 6. The fraction of sp³-hybridized carbons (Fsp3) is 0.211. The fourth-order valence-electron chi connectivity index (χ4n) is 5.06. The Morgan fingerprint density at radius 1 is 0.750 bits per heavy atom. The summed E-state index contributed by atoms with van der Waals surface area (Å²) >= 11 is 0. The third-order valence-corrected chi connectivity index (χ3v) is 7.53. The summed E-state index contributed by atoms with van der Waals surface area (Å²) in [6.07, 6.45) is 2.51. The van der Waals surface area contributed by atoms with Gasteiger partial charge in [-0.15, -0.1) is 0 Å². The van der Waals surface area contributed by atoms with Gasteiger partial charge in [0, 0.05) is 25.7 Å². The number of benzene rings is 4. The summed E-state index contributed by atoms with van der Waals surface area (Å²) < 4.78 is 11.1. The Balaban J connectivity index is 1.27. The molecule has 10 heteroatoms. The number of nitrogens with zero attached hydrogens (tertiary/aromatic N) is 2. The zero-order valence-corrected chi connectivity index (χ0v) is 26.6. The number of aromatic amines is 1. The number of carbonyl (C=O) groups is 3. The van der Waals surface area contributed by atoms with Gasteiger partial charge in [0.25, 0.3) is 0 Å². The normalized spacial score (nSPS) is 11.3. The molecular formula is C38H39N5O5. The highest BCUT2D eigenvalue weighted by Gasteiger charge is 2.29. The summed E-state index contributed by atoms with van der Waals surface area (Å²) in [5.41, 5.74) is 5.35. The third kappa shape index (κ3) is 10.7. The van der Waals surface area contributed by atoms with E-state index in [9.17, 15) is 14.4 Å². The number of amides is 3. The van der Waals surface area contributed by atoms with Gasteiger partial charge in [0.15, 0.2) is 0 Å². The monoisotopic (exact) mass is 645 g/mol. The summed E-state index contributed by atoms with van der Waals surface area (Å²) in [6, 6.07) is 35.8. The molecule has 5 rings (SSSR count). The molecule has 0 saturated heterocycles. The second-order valence-electron chi connectivity index (χ2n) is 11.2. The van der Waals surface area contributed by atoms with Crippen LogP contribution in [-0.4, -0.2) is 58.5 Å². The quantitative estimate of drug-likeness (QED) is 0.126. The van der Waals surface area contributed by atoms with Crippen LogP contribution in [-0.2, 0) is 45.2 Å². The first kappa shape index (κ1) is 33.6. The third-order valence-electron chi connectivity index (χ3n) is 7.53. The molecule has 1 heterocycles. The van der Waals surface area contributed by atoms with Crippen molar-refractivity contribution < 1.29 is 23.9 Å². The maximum atomic E-state index is 14.2. The summed E-state index contributed by atoms with van der Waals surface area (Å²) in [6.45, 7) is 0.981. The van der Waals surface area contributed by atoms with Crippen molar-refractivity contribution in [1.29, 1.82) is 0 Å². The number of nitrogens with one attached hydrogen (secondary N) is 3. The number of carbonyl (C=O) groups excluding carboxylic acids is 3. The Morgan fingerprint density at radius 3 is 2.02 bits per heavy atom. The molecule has 5 aromatic rings. The van der Waals surface area contributed by atoms with E-state index < -0.39 is 18.0 Å². The first-order valence-electron chi connectivity index (χ1n) is 15.8. The van der Waals surface area contributed by atoms with Gasteiger partial charge < -0.3 is 30.0 Å². The zero-order chi connectivity index (χ0) is 33.4. The minimum absolute atomic E-state index is 0.0439. The van der Waals surface area contributed by atoms with E-state index in [1.54, 1.807) is 6.20 Å². The van der Waals surface area contributed by atoms with Crippen molar-refractivity contribution in [2.24, 2.45) is 0 Å². The van der Waals surface area contributed by atoms with Crippen LogP contribution in [0.3, 0.4) is 0 Å². The second kappa shape index (κ2) is 17.8. The number of ether oxygens (including phenoxy) is 2. The lowest BCUT2D eigenvalue weighted by Crippen LogP contribution is -2.52. The van der Waals surface area contributed by atoms with Crippen LogP contribution in [0.15, 0.2) is 128 Å². The van der Waals surface area contributed by atoms with Crippen molar-refractivity contribution >= 4 is 17.9 Å². The Bertz CT molecular complexity index is 1700. The number of rotatable bonds is 16. The second-order valence-corrected chi connectivity index (χ2v) is 11.2. The van der Waals surface area contributed by atoms with E-state index in [-0.39, 0.29) is 38.6 Å². The van der Waals surface area contributed by atoms with Crippen LogP contribution in [0.5, 0.6) is 0 Å². The highest BCUT2D eigenvalue weighted by molar-refractivity contribution is 5.89. The molecular weight excluding hydrogens is 606 g/mol. The van der Waals surface area contributed by atoms with Crippen LogP contribution in [0, 0.1) is 0 Å². The highest BCUT2D eigenvalue weighted by Crippen LogP contribution is 2.20. The molecule has 0 aliphatic heterocycles. The molecule has 3 N–H and O–H groups in total. The van der Waals surface area contributed by atoms with Gasteiger partial charge in [0.1, 0.15) is 12.6 Å². The van der Waals surface area contributed by atoms with Gasteiger partial charge in [-0.25, -0.2) is 9.78 Å². The first-order chi connectivity index (χ1) is 23.5. The molecule has 0 bridgehead atoms. The Morgan fingerprint density at radius 2 is 1.38 bits per heavy atom. The van der Waals surface area contributed by atoms with E-state index >= 15 is 0 Å². The van der Waals surface area contributed by atoms with Gasteiger partial charge in [0.05, 0.1) is 31.8 Å². The standard InChI is InChI=1S/C38H39N5O5/c44-36(40-20-21-47-26-30-10-4-1-5-11-30)25-43(24-29-16-18-33(19-17-29)32-14-8-3-9-15-32)37(45)35(22-34-23-39-28-41-34)42-38(46)48-27-31-12-6-2-7-13-31/h1-19,23,28,35H,20-22,24-27H2,(H,39,41)(H,40,44)(H,42,46)/t35-/m0/s1. The Labute approximate surface area is 280 Å². The van der Waals surface area contributed by atoms with Gasteiger partial charge in [-0.1, -0.05) is 115 Å². The molecule has 1 aromatic heterocycles. The molecule has 48 heavy (non-hydrogen) atoms. The Kier molecular flexibility index (Phi) is 12.5. The Hall–Kier alpha value is -5.74. The largest absolute Gasteiger partial charge is 0.445 e. The van der Waals surface area contributed by atoms with Crippen molar-refractivity contribution in [2.75, 3.05) is 19.7 Å². The van der Waals surface area contributed by atoms with Crippen LogP contribution in [0.4, 0.5) is 4.79 Å². The average molecular weight is 646 g/mol. The van der Waals surface area contributed by atoms with Crippen LogP contribution in [0.1, 0.15) is 22.4 Å². The van der Waals surface area contributed by atoms with E-state index in [0.29, 0.717) is 18.9 Å². The van der Waals surface area contributed by atoms with Gasteiger partial charge >= 0.3 is 6.09 Å². The van der Waals surface area contributed by atoms with Crippen LogP contribution in [0.25, 0.3) is 11.1 Å². The van der Waals surface area contributed by atoms with Crippen LogP contribution in [0.2, 0.25) is 0 Å². The van der Waals surface area contributed by atoms with Crippen molar-refractivity contribution in [1.82, 2.24) is 25.5 Å². The van der Waals surface area contributed by atoms with Crippen molar-refractivity contribution in [3.8, 4) is 11.1 Å². The molecule has 0 saturated carbocycles. The lowest BCUT2D eigenvalue weighted by molar-refractivity contribution is -0.138. The lowest BCUT2D eigenvalue weighted by atomic mass is 10.0. The van der Waals surface area contributed by atoms with E-state index in [4.69, 9.17) is 9.47 Å². The van der Waals surface area contributed by atoms with Gasteiger partial charge in [-0.05, 0) is 27.8 Å². The van der Waals surface area contributed by atoms with E-state index in [2.05, 4.69) is 20.6 Å². The average Bonchev–Trinajstić information content (AvgIpc) is 3.64. The van der Waals surface area contributed by atoms with Crippen molar-refractivity contribution in [3.05, 3.63) is 150 Å². The maximum absolute atomic E-state index is 14.2. The predicted molar refractivity (Wildman–Crippen MR) is 182 cm³/mol. The van der Waals surface area contributed by atoms with Gasteiger partial charge in [0.2, 0.25) is 11.8 Å². The molecule has 10 nitrogen and oxygen atoms in total. The summed E-state index contributed by atoms with van der Waals surface area (Å²) in [7, 11) is 0. The number of imidazole rings is 1. The molecule has 246 valence electrons. The molecule has 0 aliphatic carbocycles.